The summed E-state index contributed by atoms with van der Waals surface area (Å²) in [5, 5.41) is 0.613. The number of ether oxygens (including phenoxy) is 1. The second kappa shape index (κ2) is 5.75. The highest BCUT2D eigenvalue weighted by Crippen LogP contribution is 2.18. The number of imidazole rings is 1. The first kappa shape index (κ1) is 13.4. The van der Waals surface area contributed by atoms with Gasteiger partial charge in [0.1, 0.15) is 0 Å². The van der Waals surface area contributed by atoms with E-state index in [0.29, 0.717) is 11.1 Å². The Labute approximate surface area is 116 Å². The number of fused-ring (bicyclic) bond motifs is 1. The van der Waals surface area contributed by atoms with E-state index in [9.17, 15) is 0 Å². The minimum absolute atomic E-state index is 0.613. The van der Waals surface area contributed by atoms with E-state index in [0.717, 1.165) is 28.9 Å². The molecule has 6 heteroatoms. The smallest absolute Gasteiger partial charge is 0.215 e. The molecule has 98 valence electrons. The molecule has 2 rings (SSSR count). The Balaban J connectivity index is 2.36. The molecule has 0 spiro atoms. The van der Waals surface area contributed by atoms with Gasteiger partial charge >= 0.3 is 0 Å². The van der Waals surface area contributed by atoms with E-state index in [1.165, 1.54) is 0 Å². The van der Waals surface area contributed by atoms with Gasteiger partial charge in [0, 0.05) is 17.9 Å². The van der Waals surface area contributed by atoms with Crippen LogP contribution in [0.1, 0.15) is 13.3 Å². The number of hydrogen-bond donors (Lipinski definition) is 1. The maximum Gasteiger partial charge on any atom is 0.215 e. The lowest BCUT2D eigenvalue weighted by atomic mass is 10.3. The topological polar surface area (TPSA) is 42.8 Å². The highest BCUT2D eigenvalue weighted by atomic mass is 32.2. The van der Waals surface area contributed by atoms with E-state index in [4.69, 9.17) is 17.0 Å². The number of aromatic nitrogens is 3. The molecule has 0 amide bonds. The van der Waals surface area contributed by atoms with E-state index in [-0.39, 0.29) is 0 Å². The summed E-state index contributed by atoms with van der Waals surface area (Å²) >= 11 is 7.20. The summed E-state index contributed by atoms with van der Waals surface area (Å²) in [6.45, 7) is 3.10. The van der Waals surface area contributed by atoms with Crippen molar-refractivity contribution in [3.05, 3.63) is 16.9 Å². The van der Waals surface area contributed by atoms with Crippen LogP contribution in [-0.4, -0.2) is 33.2 Å². The average molecular weight is 283 g/mol. The fourth-order valence-corrected chi connectivity index (χ4v) is 2.39. The molecule has 4 nitrogen and oxygen atoms in total. The fraction of sp³-hybridized carbons (Fsp3) is 0.500. The first-order valence-electron chi connectivity index (χ1n) is 5.82. The van der Waals surface area contributed by atoms with Gasteiger partial charge in [0.15, 0.2) is 10.4 Å². The number of methoxy groups -OCH3 is 1. The third-order valence-electron chi connectivity index (χ3n) is 2.96. The first-order chi connectivity index (χ1) is 8.65. The number of H-pyrrole nitrogens is 1. The Morgan fingerprint density at radius 3 is 3.00 bits per heavy atom. The fourth-order valence-electron chi connectivity index (χ4n) is 1.76. The lowest BCUT2D eigenvalue weighted by molar-refractivity contribution is 0.399. The highest BCUT2D eigenvalue weighted by molar-refractivity contribution is 7.99. The summed E-state index contributed by atoms with van der Waals surface area (Å²) in [6, 6.07) is 3.79. The molecule has 0 aliphatic heterocycles. The van der Waals surface area contributed by atoms with E-state index in [1.54, 1.807) is 7.11 Å². The number of nitrogens with one attached hydrogen (secondary N) is 1. The molecule has 1 unspecified atom stereocenters. The van der Waals surface area contributed by atoms with Crippen LogP contribution in [0.5, 0.6) is 5.88 Å². The molecule has 0 radical (unpaired) electrons. The van der Waals surface area contributed by atoms with Crippen molar-refractivity contribution in [3.63, 3.8) is 0 Å². The summed E-state index contributed by atoms with van der Waals surface area (Å²) in [5.41, 5.74) is 1.82. The van der Waals surface area contributed by atoms with Gasteiger partial charge in [0.05, 0.1) is 12.6 Å². The highest BCUT2D eigenvalue weighted by Gasteiger charge is 2.08. The zero-order valence-electron chi connectivity index (χ0n) is 10.8. The molecule has 2 aromatic rings. The first-order valence-corrected chi connectivity index (χ1v) is 7.51. The van der Waals surface area contributed by atoms with Gasteiger partial charge in [-0.1, -0.05) is 6.92 Å². The standard InChI is InChI=1S/C12H17N3OS2/c1-8(18-3)6-7-15-11-9(13-12(15)17)4-5-10(14-11)16-2/h4-5,8H,6-7H2,1-3H3,(H,13,17). The van der Waals surface area contributed by atoms with Crippen LogP contribution >= 0.6 is 24.0 Å². The molecular formula is C12H17N3OS2. The average Bonchev–Trinajstić information content (AvgIpc) is 2.70. The Kier molecular flexibility index (Phi) is 4.29. The second-order valence-corrected chi connectivity index (χ2v) is 5.80. The minimum Gasteiger partial charge on any atom is -0.481 e. The predicted octanol–water partition coefficient (Wildman–Crippen LogP) is 3.24. The van der Waals surface area contributed by atoms with Crippen LogP contribution in [0.15, 0.2) is 12.1 Å². The zero-order chi connectivity index (χ0) is 13.1. The van der Waals surface area contributed by atoms with Crippen molar-refractivity contribution >= 4 is 35.1 Å². The number of aryl methyl sites for hydroxylation is 1. The van der Waals surface area contributed by atoms with Crippen LogP contribution in [0.25, 0.3) is 11.2 Å². The second-order valence-electron chi connectivity index (χ2n) is 4.14. The molecule has 18 heavy (non-hydrogen) atoms. The molecule has 0 bridgehead atoms. The van der Waals surface area contributed by atoms with Crippen LogP contribution in [0, 0.1) is 4.77 Å². The predicted molar refractivity (Wildman–Crippen MR) is 79.1 cm³/mol. The minimum atomic E-state index is 0.613. The number of nitrogens with zero attached hydrogens (tertiary/aromatic N) is 2. The largest absolute Gasteiger partial charge is 0.481 e. The van der Waals surface area contributed by atoms with Gasteiger partial charge < -0.3 is 14.3 Å². The number of thioether (sulfide) groups is 1. The third-order valence-corrected chi connectivity index (χ3v) is 4.33. The monoisotopic (exact) mass is 283 g/mol. The van der Waals surface area contributed by atoms with Crippen molar-refractivity contribution in [2.24, 2.45) is 0 Å². The summed E-state index contributed by atoms with van der Waals surface area (Å²) < 4.78 is 7.92. The molecule has 0 aromatic carbocycles. The molecule has 1 N–H and O–H groups in total. The normalized spacial score (nSPS) is 12.8. The molecule has 0 aliphatic carbocycles. The van der Waals surface area contributed by atoms with Gasteiger partial charge in [0.25, 0.3) is 0 Å². The number of rotatable bonds is 5. The summed E-state index contributed by atoms with van der Waals surface area (Å²) in [5.74, 6) is 0.614. The number of hydrogen-bond acceptors (Lipinski definition) is 4. The third kappa shape index (κ3) is 2.70. The van der Waals surface area contributed by atoms with Crippen molar-refractivity contribution in [2.45, 2.75) is 25.1 Å². The van der Waals surface area contributed by atoms with Crippen LogP contribution in [0.3, 0.4) is 0 Å². The molecule has 0 saturated carbocycles. The Bertz CT molecular complexity index is 591. The van der Waals surface area contributed by atoms with Gasteiger partial charge in [0.2, 0.25) is 5.88 Å². The summed E-state index contributed by atoms with van der Waals surface area (Å²) in [4.78, 5) is 7.63. The van der Waals surface area contributed by atoms with Gasteiger partial charge in [-0.3, -0.25) is 0 Å². The lowest BCUT2D eigenvalue weighted by Gasteiger charge is -2.09. The molecular weight excluding hydrogens is 266 g/mol. The van der Waals surface area contributed by atoms with Crippen LogP contribution in [0.4, 0.5) is 0 Å². The molecule has 2 aromatic heterocycles. The van der Waals surface area contributed by atoms with Crippen LogP contribution in [0.2, 0.25) is 0 Å². The van der Waals surface area contributed by atoms with Crippen molar-refractivity contribution < 1.29 is 4.74 Å². The van der Waals surface area contributed by atoms with Crippen molar-refractivity contribution in [2.75, 3.05) is 13.4 Å². The van der Waals surface area contributed by atoms with Crippen molar-refractivity contribution in [1.82, 2.24) is 14.5 Å². The Morgan fingerprint density at radius 1 is 1.56 bits per heavy atom. The molecule has 0 fully saturated rings. The quantitative estimate of drug-likeness (QED) is 0.855. The Hall–Kier alpha value is -1.01. The molecule has 0 aliphatic rings. The van der Waals surface area contributed by atoms with Crippen molar-refractivity contribution in [3.8, 4) is 5.88 Å². The van der Waals surface area contributed by atoms with Crippen LogP contribution in [-0.2, 0) is 6.54 Å². The summed E-state index contributed by atoms with van der Waals surface area (Å²) in [7, 11) is 1.62. The molecule has 1 atom stereocenters. The zero-order valence-corrected chi connectivity index (χ0v) is 12.4. The van der Waals surface area contributed by atoms with Gasteiger partial charge in [-0.15, -0.1) is 0 Å². The molecule has 2 heterocycles. The number of pyridine rings is 1. The maximum absolute atomic E-state index is 5.34. The SMILES string of the molecule is COc1ccc2[nH]c(=S)n(CCC(C)SC)c2n1. The van der Waals surface area contributed by atoms with E-state index in [1.807, 2.05) is 28.5 Å². The van der Waals surface area contributed by atoms with Crippen LogP contribution < -0.4 is 4.74 Å². The van der Waals surface area contributed by atoms with E-state index >= 15 is 0 Å². The van der Waals surface area contributed by atoms with Gasteiger partial charge in [-0.05, 0) is 31.0 Å². The summed E-state index contributed by atoms with van der Waals surface area (Å²) in [6.07, 6.45) is 3.20. The number of aromatic amines is 1. The van der Waals surface area contributed by atoms with E-state index in [2.05, 4.69) is 23.1 Å². The lowest BCUT2D eigenvalue weighted by Crippen LogP contribution is -2.05. The van der Waals surface area contributed by atoms with Gasteiger partial charge in [-0.25, -0.2) is 0 Å². The molecule has 0 saturated heterocycles. The van der Waals surface area contributed by atoms with Gasteiger partial charge in [-0.2, -0.15) is 16.7 Å². The van der Waals surface area contributed by atoms with Crippen molar-refractivity contribution in [1.29, 1.82) is 0 Å². The van der Waals surface area contributed by atoms with E-state index < -0.39 is 0 Å². The Morgan fingerprint density at radius 2 is 2.33 bits per heavy atom. The maximum atomic E-state index is 5.34.